The highest BCUT2D eigenvalue weighted by atomic mass is 15.2. The topological polar surface area (TPSA) is 15.3 Å². The first-order valence-corrected chi connectivity index (χ1v) is 8.62. The average Bonchev–Trinajstić information content (AvgIpc) is 2.47. The summed E-state index contributed by atoms with van der Waals surface area (Å²) >= 11 is 0. The number of nitrogens with zero attached hydrogens (tertiary/aromatic N) is 1. The lowest BCUT2D eigenvalue weighted by Crippen LogP contribution is -2.58. The summed E-state index contributed by atoms with van der Waals surface area (Å²) in [7, 11) is 0. The Labute approximate surface area is 130 Å². The molecule has 1 aromatic carbocycles. The minimum Gasteiger partial charge on any atom is -0.365 e. The third-order valence-corrected chi connectivity index (χ3v) is 4.73. The normalized spacial score (nSPS) is 23.1. The van der Waals surface area contributed by atoms with Gasteiger partial charge in [-0.25, -0.2) is 0 Å². The molecular weight excluding hydrogens is 256 g/mol. The summed E-state index contributed by atoms with van der Waals surface area (Å²) in [5.41, 5.74) is 2.82. The fraction of sp³-hybridized carbons (Fsp3) is 0.684. The molecule has 1 saturated heterocycles. The first-order chi connectivity index (χ1) is 10.0. The first-order valence-electron chi connectivity index (χ1n) is 8.62. The highest BCUT2D eigenvalue weighted by Gasteiger charge is 2.29. The van der Waals surface area contributed by atoms with Crippen molar-refractivity contribution in [3.05, 3.63) is 29.8 Å². The van der Waals surface area contributed by atoms with Gasteiger partial charge in [0.2, 0.25) is 0 Å². The molecule has 2 atom stereocenters. The van der Waals surface area contributed by atoms with Crippen LogP contribution in [0, 0.1) is 5.92 Å². The molecule has 2 nitrogen and oxygen atoms in total. The van der Waals surface area contributed by atoms with Crippen LogP contribution in [0.2, 0.25) is 0 Å². The maximum absolute atomic E-state index is 3.74. The molecule has 1 N–H and O–H groups in total. The summed E-state index contributed by atoms with van der Waals surface area (Å²) in [6.45, 7) is 13.7. The van der Waals surface area contributed by atoms with Gasteiger partial charge in [-0.05, 0) is 36.0 Å². The van der Waals surface area contributed by atoms with Crippen LogP contribution in [0.3, 0.4) is 0 Å². The molecule has 1 aromatic rings. The SMILES string of the molecule is CCCC1CN(c2ccc(C(C)C)cc2)C(C(C)C)CN1. The van der Waals surface area contributed by atoms with Gasteiger partial charge in [0, 0.05) is 30.9 Å². The molecule has 0 spiro atoms. The minimum absolute atomic E-state index is 0.600. The molecule has 2 heteroatoms. The Morgan fingerprint density at radius 2 is 1.81 bits per heavy atom. The second-order valence-electron chi connectivity index (χ2n) is 7.10. The number of hydrogen-bond donors (Lipinski definition) is 1. The highest BCUT2D eigenvalue weighted by Crippen LogP contribution is 2.26. The Morgan fingerprint density at radius 3 is 2.33 bits per heavy atom. The van der Waals surface area contributed by atoms with Crippen molar-refractivity contribution in [2.45, 2.75) is 65.5 Å². The Bertz CT molecular complexity index is 422. The van der Waals surface area contributed by atoms with E-state index in [1.807, 2.05) is 0 Å². The largest absolute Gasteiger partial charge is 0.365 e. The summed E-state index contributed by atoms with van der Waals surface area (Å²) < 4.78 is 0. The molecule has 0 amide bonds. The zero-order valence-electron chi connectivity index (χ0n) is 14.4. The van der Waals surface area contributed by atoms with Gasteiger partial charge >= 0.3 is 0 Å². The fourth-order valence-corrected chi connectivity index (χ4v) is 3.32. The van der Waals surface area contributed by atoms with Crippen LogP contribution in [0.4, 0.5) is 5.69 Å². The molecule has 0 aliphatic carbocycles. The quantitative estimate of drug-likeness (QED) is 0.863. The van der Waals surface area contributed by atoms with Gasteiger partial charge in [0.15, 0.2) is 0 Å². The van der Waals surface area contributed by atoms with E-state index in [-0.39, 0.29) is 0 Å². The average molecular weight is 288 g/mol. The van der Waals surface area contributed by atoms with Crippen LogP contribution < -0.4 is 10.2 Å². The van der Waals surface area contributed by atoms with Gasteiger partial charge in [-0.3, -0.25) is 0 Å². The van der Waals surface area contributed by atoms with Crippen molar-refractivity contribution in [1.82, 2.24) is 5.32 Å². The van der Waals surface area contributed by atoms with Crippen molar-refractivity contribution in [3.8, 4) is 0 Å². The number of hydrogen-bond acceptors (Lipinski definition) is 2. The molecule has 2 rings (SSSR count). The smallest absolute Gasteiger partial charge is 0.0438 e. The summed E-state index contributed by atoms with van der Waals surface area (Å²) in [6, 6.07) is 10.5. The molecule has 0 bridgehead atoms. The maximum atomic E-state index is 3.74. The van der Waals surface area contributed by atoms with Crippen molar-refractivity contribution in [1.29, 1.82) is 0 Å². The predicted molar refractivity (Wildman–Crippen MR) is 93.2 cm³/mol. The van der Waals surface area contributed by atoms with E-state index in [4.69, 9.17) is 0 Å². The van der Waals surface area contributed by atoms with Gasteiger partial charge in [0.1, 0.15) is 0 Å². The van der Waals surface area contributed by atoms with Gasteiger partial charge in [-0.1, -0.05) is 53.2 Å². The van der Waals surface area contributed by atoms with Crippen LogP contribution in [0.25, 0.3) is 0 Å². The van der Waals surface area contributed by atoms with Gasteiger partial charge in [0.25, 0.3) is 0 Å². The van der Waals surface area contributed by atoms with E-state index in [1.54, 1.807) is 0 Å². The zero-order valence-corrected chi connectivity index (χ0v) is 14.4. The third kappa shape index (κ3) is 4.00. The fourth-order valence-electron chi connectivity index (χ4n) is 3.32. The number of nitrogens with one attached hydrogen (secondary N) is 1. The Balaban J connectivity index is 2.18. The molecule has 21 heavy (non-hydrogen) atoms. The van der Waals surface area contributed by atoms with Crippen LogP contribution in [0.5, 0.6) is 0 Å². The molecule has 1 heterocycles. The summed E-state index contributed by atoms with van der Waals surface area (Å²) in [5.74, 6) is 1.28. The Morgan fingerprint density at radius 1 is 1.14 bits per heavy atom. The van der Waals surface area contributed by atoms with E-state index in [1.165, 1.54) is 24.1 Å². The van der Waals surface area contributed by atoms with Crippen molar-refractivity contribution in [3.63, 3.8) is 0 Å². The van der Waals surface area contributed by atoms with E-state index >= 15 is 0 Å². The molecule has 118 valence electrons. The maximum Gasteiger partial charge on any atom is 0.0438 e. The summed E-state index contributed by atoms with van der Waals surface area (Å²) in [5, 5.41) is 3.74. The molecule has 1 aliphatic heterocycles. The van der Waals surface area contributed by atoms with Crippen molar-refractivity contribution in [2.24, 2.45) is 5.92 Å². The molecule has 0 radical (unpaired) electrons. The van der Waals surface area contributed by atoms with E-state index in [0.717, 1.165) is 13.1 Å². The molecule has 0 saturated carbocycles. The molecule has 0 aromatic heterocycles. The standard InChI is InChI=1S/C19H32N2/c1-6-7-17-13-21(19(12-20-17)15(4)5)18-10-8-16(9-11-18)14(2)3/h8-11,14-15,17,19-20H,6-7,12-13H2,1-5H3. The number of benzene rings is 1. The second-order valence-corrected chi connectivity index (χ2v) is 7.10. The zero-order chi connectivity index (χ0) is 15.4. The van der Waals surface area contributed by atoms with E-state index < -0.39 is 0 Å². The van der Waals surface area contributed by atoms with Crippen LogP contribution in [-0.2, 0) is 0 Å². The van der Waals surface area contributed by atoms with Gasteiger partial charge < -0.3 is 10.2 Å². The molecule has 1 fully saturated rings. The molecular formula is C19H32N2. The highest BCUT2D eigenvalue weighted by molar-refractivity contribution is 5.50. The van der Waals surface area contributed by atoms with E-state index in [9.17, 15) is 0 Å². The third-order valence-electron chi connectivity index (χ3n) is 4.73. The lowest BCUT2D eigenvalue weighted by Gasteiger charge is -2.44. The summed E-state index contributed by atoms with van der Waals surface area (Å²) in [4.78, 5) is 2.63. The van der Waals surface area contributed by atoms with Gasteiger partial charge in [-0.2, -0.15) is 0 Å². The van der Waals surface area contributed by atoms with E-state index in [2.05, 4.69) is 69.1 Å². The van der Waals surface area contributed by atoms with Crippen molar-refractivity contribution >= 4 is 5.69 Å². The van der Waals surface area contributed by atoms with Crippen molar-refractivity contribution in [2.75, 3.05) is 18.0 Å². The van der Waals surface area contributed by atoms with Crippen molar-refractivity contribution < 1.29 is 0 Å². The predicted octanol–water partition coefficient (Wildman–Crippen LogP) is 4.41. The minimum atomic E-state index is 0.600. The molecule has 2 unspecified atom stereocenters. The van der Waals surface area contributed by atoms with Gasteiger partial charge in [-0.15, -0.1) is 0 Å². The van der Waals surface area contributed by atoms with Crippen LogP contribution in [0.15, 0.2) is 24.3 Å². The number of piperazine rings is 1. The lowest BCUT2D eigenvalue weighted by atomic mass is 9.95. The number of rotatable bonds is 5. The van der Waals surface area contributed by atoms with Crippen LogP contribution in [-0.4, -0.2) is 25.2 Å². The van der Waals surface area contributed by atoms with Crippen LogP contribution >= 0.6 is 0 Å². The van der Waals surface area contributed by atoms with Crippen LogP contribution in [0.1, 0.15) is 58.9 Å². The monoisotopic (exact) mass is 288 g/mol. The lowest BCUT2D eigenvalue weighted by molar-refractivity contribution is 0.327. The Kier molecular flexibility index (Phi) is 5.69. The summed E-state index contributed by atoms with van der Waals surface area (Å²) in [6.07, 6.45) is 2.52. The molecule has 1 aliphatic rings. The van der Waals surface area contributed by atoms with E-state index in [0.29, 0.717) is 23.9 Å². The number of anilines is 1. The van der Waals surface area contributed by atoms with Gasteiger partial charge in [0.05, 0.1) is 0 Å². The second kappa shape index (κ2) is 7.31. The first kappa shape index (κ1) is 16.4. The Hall–Kier alpha value is -1.02.